The summed E-state index contributed by atoms with van der Waals surface area (Å²) < 4.78 is 2.14. The van der Waals surface area contributed by atoms with E-state index in [1.165, 1.54) is 0 Å². The van der Waals surface area contributed by atoms with E-state index in [0.29, 0.717) is 38.6 Å². The van der Waals surface area contributed by atoms with Crippen LogP contribution in [0, 0.1) is 5.92 Å². The fraction of sp³-hybridized carbons (Fsp3) is 0.167. The molecule has 0 saturated carbocycles. The minimum absolute atomic E-state index is 0.111. The maximum absolute atomic E-state index is 12.9. The Balaban J connectivity index is 2.01. The summed E-state index contributed by atoms with van der Waals surface area (Å²) in [5, 5.41) is 14.5. The molecule has 2 N–H and O–H groups in total. The number of phenolic OH excluding ortho intramolecular Hbond substituents is 1. The van der Waals surface area contributed by atoms with E-state index in [9.17, 15) is 14.7 Å². The van der Waals surface area contributed by atoms with Gasteiger partial charge in [0.25, 0.3) is 11.8 Å². The average Bonchev–Trinajstić information content (AvgIpc) is 3.15. The second kappa shape index (κ2) is 6.61. The van der Waals surface area contributed by atoms with Gasteiger partial charge in [0.05, 0.1) is 16.6 Å². The van der Waals surface area contributed by atoms with Gasteiger partial charge >= 0.3 is 0 Å². The number of hydrogen-bond acceptors (Lipinski definition) is 3. The van der Waals surface area contributed by atoms with Gasteiger partial charge in [0.1, 0.15) is 5.75 Å². The Labute approximate surface area is 177 Å². The van der Waals surface area contributed by atoms with Crippen molar-refractivity contribution in [3.8, 4) is 16.9 Å². The van der Waals surface area contributed by atoms with Crippen LogP contribution in [-0.2, 0) is 6.54 Å². The lowest BCUT2D eigenvalue weighted by atomic mass is 9.93. The number of nitrogens with zero attached hydrogens (tertiary/aromatic N) is 1. The van der Waals surface area contributed by atoms with Crippen molar-refractivity contribution < 1.29 is 14.7 Å². The maximum atomic E-state index is 12.9. The third-order valence-electron chi connectivity index (χ3n) is 5.53. The summed E-state index contributed by atoms with van der Waals surface area (Å²) in [7, 11) is 0. The topological polar surface area (TPSA) is 71.3 Å². The summed E-state index contributed by atoms with van der Waals surface area (Å²) >= 11 is 6.46. The van der Waals surface area contributed by atoms with Gasteiger partial charge < -0.3 is 9.67 Å². The van der Waals surface area contributed by atoms with Crippen molar-refractivity contribution in [2.75, 3.05) is 0 Å². The molecule has 2 heterocycles. The van der Waals surface area contributed by atoms with Crippen molar-refractivity contribution in [3.63, 3.8) is 0 Å². The molecule has 6 heteroatoms. The SMILES string of the molecule is CC(C)Cn1c2ccc(O)cc2c2c3c(c(-c4ccccc4Cl)cc21)C(=O)NC3=O. The molecule has 3 aromatic carbocycles. The van der Waals surface area contributed by atoms with Crippen LogP contribution in [-0.4, -0.2) is 21.5 Å². The predicted octanol–water partition coefficient (Wildman–Crippen LogP) is 5.36. The van der Waals surface area contributed by atoms with Crippen molar-refractivity contribution in [1.82, 2.24) is 9.88 Å². The van der Waals surface area contributed by atoms with Crippen molar-refractivity contribution in [3.05, 3.63) is 64.7 Å². The first-order valence-electron chi connectivity index (χ1n) is 9.79. The molecule has 0 radical (unpaired) electrons. The van der Waals surface area contributed by atoms with Gasteiger partial charge in [-0.3, -0.25) is 14.9 Å². The molecule has 1 aliphatic rings. The van der Waals surface area contributed by atoms with E-state index in [0.717, 1.165) is 23.0 Å². The van der Waals surface area contributed by atoms with Gasteiger partial charge in [0.2, 0.25) is 0 Å². The fourth-order valence-corrected chi connectivity index (χ4v) is 4.63. The van der Waals surface area contributed by atoms with Gasteiger partial charge in [0, 0.05) is 33.4 Å². The summed E-state index contributed by atoms with van der Waals surface area (Å²) in [4.78, 5) is 25.7. The zero-order chi connectivity index (χ0) is 21.2. The van der Waals surface area contributed by atoms with E-state index in [1.54, 1.807) is 18.2 Å². The molecular formula is C24H19ClN2O3. The van der Waals surface area contributed by atoms with Gasteiger partial charge in [-0.2, -0.15) is 0 Å². The third-order valence-corrected chi connectivity index (χ3v) is 5.86. The molecule has 4 aromatic rings. The van der Waals surface area contributed by atoms with Crippen LogP contribution in [0.5, 0.6) is 5.75 Å². The zero-order valence-electron chi connectivity index (χ0n) is 16.5. The fourth-order valence-electron chi connectivity index (χ4n) is 4.39. The van der Waals surface area contributed by atoms with E-state index < -0.39 is 11.8 Å². The quantitative estimate of drug-likeness (QED) is 0.440. The molecule has 2 amide bonds. The van der Waals surface area contributed by atoms with Crippen LogP contribution in [0.4, 0.5) is 0 Å². The number of amides is 2. The lowest BCUT2D eigenvalue weighted by Gasteiger charge is -2.13. The van der Waals surface area contributed by atoms with E-state index in [4.69, 9.17) is 11.6 Å². The molecule has 30 heavy (non-hydrogen) atoms. The van der Waals surface area contributed by atoms with Crippen LogP contribution in [0.3, 0.4) is 0 Å². The molecule has 0 spiro atoms. The number of imide groups is 1. The molecule has 1 aliphatic heterocycles. The first-order chi connectivity index (χ1) is 14.4. The molecule has 0 fully saturated rings. The largest absolute Gasteiger partial charge is 0.508 e. The van der Waals surface area contributed by atoms with Crippen LogP contribution < -0.4 is 5.32 Å². The minimum Gasteiger partial charge on any atom is -0.508 e. The highest BCUT2D eigenvalue weighted by Crippen LogP contribution is 2.42. The number of benzene rings is 3. The Morgan fingerprint density at radius 2 is 1.70 bits per heavy atom. The van der Waals surface area contributed by atoms with Crippen molar-refractivity contribution in [1.29, 1.82) is 0 Å². The van der Waals surface area contributed by atoms with Crippen molar-refractivity contribution >= 4 is 45.2 Å². The number of fused-ring (bicyclic) bond motifs is 5. The van der Waals surface area contributed by atoms with Crippen LogP contribution >= 0.6 is 11.6 Å². The van der Waals surface area contributed by atoms with Gasteiger partial charge in [-0.15, -0.1) is 0 Å². The number of carbonyl (C=O) groups is 2. The predicted molar refractivity (Wildman–Crippen MR) is 118 cm³/mol. The lowest BCUT2D eigenvalue weighted by Crippen LogP contribution is -2.20. The number of carbonyl (C=O) groups excluding carboxylic acids is 2. The standard InChI is InChI=1S/C24H19ClN2O3/c1-12(2)11-27-18-8-7-13(28)9-16(18)20-19(27)10-15(14-5-3-4-6-17(14)25)21-22(20)24(30)26-23(21)29/h3-10,12,28H,11H2,1-2H3,(H,26,29,30). The number of rotatable bonds is 3. The first kappa shape index (κ1) is 18.7. The summed E-state index contributed by atoms with van der Waals surface area (Å²) in [6.45, 7) is 4.97. The number of aromatic nitrogens is 1. The average molecular weight is 419 g/mol. The molecule has 5 nitrogen and oxygen atoms in total. The lowest BCUT2D eigenvalue weighted by molar-refractivity contribution is 0.0880. The molecule has 5 rings (SSSR count). The van der Waals surface area contributed by atoms with Crippen molar-refractivity contribution in [2.24, 2.45) is 5.92 Å². The van der Waals surface area contributed by atoms with Crippen LogP contribution in [0.25, 0.3) is 32.9 Å². The monoisotopic (exact) mass is 418 g/mol. The minimum atomic E-state index is -0.434. The molecule has 0 bridgehead atoms. The second-order valence-corrected chi connectivity index (χ2v) is 8.44. The van der Waals surface area contributed by atoms with E-state index in [1.807, 2.05) is 30.3 Å². The number of halogens is 1. The van der Waals surface area contributed by atoms with E-state index in [2.05, 4.69) is 23.7 Å². The smallest absolute Gasteiger partial charge is 0.259 e. The molecule has 1 aromatic heterocycles. The van der Waals surface area contributed by atoms with Gasteiger partial charge in [-0.25, -0.2) is 0 Å². The molecule has 0 unspecified atom stereocenters. The summed E-state index contributed by atoms with van der Waals surface area (Å²) in [5.41, 5.74) is 3.73. The van der Waals surface area contributed by atoms with Crippen LogP contribution in [0.2, 0.25) is 5.02 Å². The van der Waals surface area contributed by atoms with Crippen LogP contribution in [0.1, 0.15) is 34.6 Å². The molecule has 150 valence electrons. The third kappa shape index (κ3) is 2.62. The molecule has 0 saturated heterocycles. The van der Waals surface area contributed by atoms with E-state index >= 15 is 0 Å². The highest BCUT2D eigenvalue weighted by molar-refractivity contribution is 6.36. The zero-order valence-corrected chi connectivity index (χ0v) is 17.2. The second-order valence-electron chi connectivity index (χ2n) is 8.04. The maximum Gasteiger partial charge on any atom is 0.259 e. The van der Waals surface area contributed by atoms with Gasteiger partial charge in [0.15, 0.2) is 0 Å². The number of phenols is 1. The van der Waals surface area contributed by atoms with Crippen molar-refractivity contribution in [2.45, 2.75) is 20.4 Å². The van der Waals surface area contributed by atoms with E-state index in [-0.39, 0.29) is 5.75 Å². The first-order valence-corrected chi connectivity index (χ1v) is 10.2. The summed E-state index contributed by atoms with van der Waals surface area (Å²) in [5.74, 6) is -0.401. The highest BCUT2D eigenvalue weighted by Gasteiger charge is 2.35. The Kier molecular flexibility index (Phi) is 4.12. The number of hydrogen-bond donors (Lipinski definition) is 2. The van der Waals surface area contributed by atoms with Crippen LogP contribution in [0.15, 0.2) is 48.5 Å². The van der Waals surface area contributed by atoms with Gasteiger partial charge in [-0.1, -0.05) is 43.6 Å². The highest BCUT2D eigenvalue weighted by atomic mass is 35.5. The van der Waals surface area contributed by atoms with Gasteiger partial charge in [-0.05, 0) is 41.8 Å². The Morgan fingerprint density at radius 1 is 0.967 bits per heavy atom. The molecular weight excluding hydrogens is 400 g/mol. The number of aromatic hydroxyl groups is 1. The molecule has 0 aliphatic carbocycles. The number of nitrogens with one attached hydrogen (secondary N) is 1. The Hall–Kier alpha value is -3.31. The Bertz CT molecular complexity index is 1380. The Morgan fingerprint density at radius 3 is 2.43 bits per heavy atom. The summed E-state index contributed by atoms with van der Waals surface area (Å²) in [6.07, 6.45) is 0. The molecule has 0 atom stereocenters. The normalized spacial score (nSPS) is 13.5. The summed E-state index contributed by atoms with van der Waals surface area (Å²) in [6, 6.07) is 14.4.